The molecule has 1 N–H and O–H groups in total. The number of thiophene rings is 1. The predicted molar refractivity (Wildman–Crippen MR) is 123 cm³/mol. The summed E-state index contributed by atoms with van der Waals surface area (Å²) in [6, 6.07) is 8.86. The molecule has 1 aromatic heterocycles. The molecule has 4 rings (SSSR count). The van der Waals surface area contributed by atoms with Crippen molar-refractivity contribution in [2.75, 3.05) is 34.4 Å². The summed E-state index contributed by atoms with van der Waals surface area (Å²) < 4.78 is 6.13. The fourth-order valence-electron chi connectivity index (χ4n) is 3.58. The van der Waals surface area contributed by atoms with Crippen LogP contribution < -0.4 is 19.9 Å². The molecule has 7 nitrogen and oxygen atoms in total. The Balaban J connectivity index is 1.40. The summed E-state index contributed by atoms with van der Waals surface area (Å²) in [7, 11) is 0. The summed E-state index contributed by atoms with van der Waals surface area (Å²) in [4.78, 5) is 40.3. The molecule has 0 radical (unpaired) electrons. The van der Waals surface area contributed by atoms with E-state index >= 15 is 0 Å². The van der Waals surface area contributed by atoms with Crippen molar-refractivity contribution in [3.63, 3.8) is 0 Å². The number of nitrogens with one attached hydrogen (secondary N) is 1. The molecule has 0 spiro atoms. The molecule has 158 valence electrons. The van der Waals surface area contributed by atoms with Crippen LogP contribution in [0.2, 0.25) is 0 Å². The summed E-state index contributed by atoms with van der Waals surface area (Å²) in [5.41, 5.74) is 2.59. The van der Waals surface area contributed by atoms with Gasteiger partial charge in [-0.2, -0.15) is 11.8 Å². The summed E-state index contributed by atoms with van der Waals surface area (Å²) in [5.74, 6) is 1.47. The molecule has 3 heterocycles. The zero-order valence-corrected chi connectivity index (χ0v) is 19.4. The lowest BCUT2D eigenvalue weighted by Crippen LogP contribution is -2.39. The first-order valence-electron chi connectivity index (χ1n) is 9.43. The highest BCUT2D eigenvalue weighted by atomic mass is 79.9. The van der Waals surface area contributed by atoms with Crippen molar-refractivity contribution in [1.29, 1.82) is 0 Å². The first-order chi connectivity index (χ1) is 14.4. The Morgan fingerprint density at radius 1 is 1.20 bits per heavy atom. The molecule has 2 saturated heterocycles. The van der Waals surface area contributed by atoms with Gasteiger partial charge in [0.25, 0.3) is 0 Å². The lowest BCUT2D eigenvalue weighted by atomic mass is 10.1. The van der Waals surface area contributed by atoms with Crippen LogP contribution in [-0.2, 0) is 9.59 Å². The van der Waals surface area contributed by atoms with Crippen molar-refractivity contribution in [1.82, 2.24) is 5.32 Å². The number of hydrogen-bond donors (Lipinski definition) is 1. The van der Waals surface area contributed by atoms with E-state index in [2.05, 4.69) is 21.2 Å². The Labute approximate surface area is 190 Å². The number of aryl methyl sites for hydroxylation is 1. The average Bonchev–Trinajstić information content (AvgIpc) is 3.27. The fraction of sp³-hybridized carbons (Fsp3) is 0.350. The first-order valence-corrected chi connectivity index (χ1v) is 12.2. The maximum Gasteiger partial charge on any atom is 0.413 e. The van der Waals surface area contributed by atoms with E-state index in [1.165, 1.54) is 11.3 Å². The normalized spacial score (nSPS) is 19.3. The minimum atomic E-state index is -0.572. The quantitative estimate of drug-likeness (QED) is 0.678. The van der Waals surface area contributed by atoms with Crippen LogP contribution in [0.1, 0.15) is 12.0 Å². The molecule has 2 aromatic rings. The maximum absolute atomic E-state index is 12.5. The van der Waals surface area contributed by atoms with Gasteiger partial charge in [-0.1, -0.05) is 11.3 Å². The number of anilines is 2. The number of thioether (sulfide) groups is 1. The van der Waals surface area contributed by atoms with Crippen LogP contribution in [0.4, 0.5) is 16.2 Å². The van der Waals surface area contributed by atoms with Crippen LogP contribution in [0.15, 0.2) is 34.1 Å². The van der Waals surface area contributed by atoms with E-state index in [-0.39, 0.29) is 24.3 Å². The average molecular weight is 510 g/mol. The largest absolute Gasteiger partial charge is 0.413 e. The number of rotatable bonds is 4. The molecular weight excluding hydrogens is 490 g/mol. The van der Waals surface area contributed by atoms with Gasteiger partial charge in [0.05, 0.1) is 15.6 Å². The molecule has 30 heavy (non-hydrogen) atoms. The minimum absolute atomic E-state index is 0.0585. The van der Waals surface area contributed by atoms with E-state index in [9.17, 15) is 14.4 Å². The monoisotopic (exact) mass is 509 g/mol. The molecule has 0 aliphatic carbocycles. The molecule has 3 amide bonds. The smallest absolute Gasteiger partial charge is 0.399 e. The predicted octanol–water partition coefficient (Wildman–Crippen LogP) is 3.79. The first kappa shape index (κ1) is 21.2. The van der Waals surface area contributed by atoms with Crippen LogP contribution in [0.25, 0.3) is 0 Å². The van der Waals surface area contributed by atoms with Gasteiger partial charge in [0.15, 0.2) is 5.06 Å². The van der Waals surface area contributed by atoms with Gasteiger partial charge in [-0.05, 0) is 58.7 Å². The van der Waals surface area contributed by atoms with Crippen molar-refractivity contribution >= 4 is 68.3 Å². The lowest BCUT2D eigenvalue weighted by molar-refractivity contribution is -0.117. The van der Waals surface area contributed by atoms with Gasteiger partial charge in [-0.25, -0.2) is 4.79 Å². The molecular formula is C20H20BrN3O4S2. The SMILES string of the molecule is Cc1cc(N2CC(NC(=O)Oc3ccc(Br)s3)CC2=O)ccc1N1CCSCC1=O. The topological polar surface area (TPSA) is 79.0 Å². The van der Waals surface area contributed by atoms with E-state index in [1.807, 2.05) is 30.0 Å². The second-order valence-corrected chi connectivity index (χ2v) is 10.6. The van der Waals surface area contributed by atoms with E-state index in [1.54, 1.807) is 28.8 Å². The van der Waals surface area contributed by atoms with Crippen molar-refractivity contribution < 1.29 is 19.1 Å². The molecule has 2 aliphatic rings. The fourth-order valence-corrected chi connectivity index (χ4v) is 5.56. The number of hydrogen-bond acceptors (Lipinski definition) is 6. The summed E-state index contributed by atoms with van der Waals surface area (Å²) in [6.07, 6.45) is -0.358. The van der Waals surface area contributed by atoms with Crippen molar-refractivity contribution in [3.05, 3.63) is 39.7 Å². The Hall–Kier alpha value is -2.04. The van der Waals surface area contributed by atoms with Crippen LogP contribution in [0, 0.1) is 6.92 Å². The Morgan fingerprint density at radius 2 is 2.03 bits per heavy atom. The number of benzene rings is 1. The molecule has 1 aromatic carbocycles. The lowest BCUT2D eigenvalue weighted by Gasteiger charge is -2.28. The van der Waals surface area contributed by atoms with E-state index in [0.29, 0.717) is 23.9 Å². The summed E-state index contributed by atoms with van der Waals surface area (Å²) >= 11 is 6.28. The van der Waals surface area contributed by atoms with Crippen LogP contribution in [0.5, 0.6) is 5.06 Å². The van der Waals surface area contributed by atoms with Crippen LogP contribution in [-0.4, -0.2) is 48.5 Å². The second-order valence-electron chi connectivity index (χ2n) is 7.07. The van der Waals surface area contributed by atoms with E-state index in [0.717, 1.165) is 26.5 Å². The summed E-state index contributed by atoms with van der Waals surface area (Å²) in [6.45, 7) is 3.02. The number of halogens is 1. The number of amides is 3. The minimum Gasteiger partial charge on any atom is -0.399 e. The van der Waals surface area contributed by atoms with E-state index < -0.39 is 6.09 Å². The van der Waals surface area contributed by atoms with Crippen LogP contribution in [0.3, 0.4) is 0 Å². The third-order valence-corrected chi connectivity index (χ3v) is 7.38. The summed E-state index contributed by atoms with van der Waals surface area (Å²) in [5, 5.41) is 3.25. The van der Waals surface area contributed by atoms with Gasteiger partial charge in [0.2, 0.25) is 11.8 Å². The highest BCUT2D eigenvalue weighted by Crippen LogP contribution is 2.31. The molecule has 1 atom stereocenters. The van der Waals surface area contributed by atoms with Gasteiger partial charge in [-0.3, -0.25) is 9.59 Å². The van der Waals surface area contributed by atoms with Crippen LogP contribution >= 0.6 is 39.0 Å². The third kappa shape index (κ3) is 4.65. The molecule has 1 unspecified atom stereocenters. The van der Waals surface area contributed by atoms with Gasteiger partial charge >= 0.3 is 6.09 Å². The molecule has 10 heteroatoms. The standard InChI is InChI=1S/C20H20BrN3O4S2/c1-12-8-14(2-3-15(12)23-6-7-29-11-18(23)26)24-10-13(9-17(24)25)22-20(27)28-19-5-4-16(21)30-19/h2-5,8,13H,6-7,9-11H2,1H3,(H,22,27). The van der Waals surface area contributed by atoms with Gasteiger partial charge in [0.1, 0.15) is 0 Å². The zero-order chi connectivity index (χ0) is 21.3. The molecule has 2 aliphatic heterocycles. The van der Waals surface area contributed by atoms with Gasteiger partial charge < -0.3 is 19.9 Å². The number of carbonyl (C=O) groups is 3. The highest BCUT2D eigenvalue weighted by molar-refractivity contribution is 9.11. The third-order valence-electron chi connectivity index (χ3n) is 4.96. The number of ether oxygens (including phenoxy) is 1. The molecule has 0 saturated carbocycles. The number of carbonyl (C=O) groups excluding carboxylic acids is 3. The molecule has 2 fully saturated rings. The van der Waals surface area contributed by atoms with E-state index in [4.69, 9.17) is 4.74 Å². The second kappa shape index (κ2) is 8.99. The highest BCUT2D eigenvalue weighted by Gasteiger charge is 2.32. The number of nitrogens with zero attached hydrogens (tertiary/aromatic N) is 2. The Bertz CT molecular complexity index is 996. The van der Waals surface area contributed by atoms with Crippen molar-refractivity contribution in [2.45, 2.75) is 19.4 Å². The zero-order valence-electron chi connectivity index (χ0n) is 16.2. The Morgan fingerprint density at radius 3 is 2.73 bits per heavy atom. The maximum atomic E-state index is 12.5. The van der Waals surface area contributed by atoms with Crippen molar-refractivity contribution in [2.24, 2.45) is 0 Å². The Kier molecular flexibility index (Phi) is 6.35. The van der Waals surface area contributed by atoms with Crippen molar-refractivity contribution in [3.8, 4) is 5.06 Å². The molecule has 0 bridgehead atoms. The van der Waals surface area contributed by atoms with Gasteiger partial charge in [0, 0.05) is 36.6 Å². The van der Waals surface area contributed by atoms with Gasteiger partial charge in [-0.15, -0.1) is 0 Å².